The number of halogens is 1. The molecule has 0 amide bonds. The molecule has 2 N–H and O–H groups in total. The Morgan fingerprint density at radius 3 is 2.59 bits per heavy atom. The summed E-state index contributed by atoms with van der Waals surface area (Å²) >= 11 is 0. The molecule has 6 rings (SSSR count). The van der Waals surface area contributed by atoms with Crippen LogP contribution in [0.4, 0.5) is 21.7 Å². The van der Waals surface area contributed by atoms with Crippen molar-refractivity contribution in [1.29, 1.82) is 0 Å². The summed E-state index contributed by atoms with van der Waals surface area (Å²) < 4.78 is 17.7. The fraction of sp³-hybridized carbons (Fsp3) is 0.357. The van der Waals surface area contributed by atoms with Crippen LogP contribution in [-0.2, 0) is 12.1 Å². The van der Waals surface area contributed by atoms with E-state index in [0.29, 0.717) is 35.9 Å². The molecule has 5 heterocycles. The van der Waals surface area contributed by atoms with E-state index in [-0.39, 0.29) is 11.9 Å². The van der Waals surface area contributed by atoms with Crippen LogP contribution in [0.15, 0.2) is 65.4 Å². The molecule has 0 saturated carbocycles. The molecule has 1 aromatic carbocycles. The van der Waals surface area contributed by atoms with Gasteiger partial charge in [0.05, 0.1) is 12.2 Å². The molecule has 1 atom stereocenters. The van der Waals surface area contributed by atoms with Crippen LogP contribution in [0.2, 0.25) is 0 Å². The highest BCUT2D eigenvalue weighted by molar-refractivity contribution is 5.77. The number of aromatic nitrogens is 5. The molecule has 4 aromatic rings. The number of benzene rings is 1. The van der Waals surface area contributed by atoms with Gasteiger partial charge in [0.1, 0.15) is 16.8 Å². The molecule has 10 nitrogen and oxygen atoms in total. The molecule has 2 bridgehead atoms. The number of hydrogen-bond acceptors (Lipinski definition) is 8. The van der Waals surface area contributed by atoms with Crippen molar-refractivity contribution in [2.45, 2.75) is 31.9 Å². The van der Waals surface area contributed by atoms with Crippen LogP contribution in [-0.4, -0.2) is 67.5 Å². The maximum absolute atomic E-state index is 14.9. The van der Waals surface area contributed by atoms with Crippen molar-refractivity contribution in [3.05, 3.63) is 76.6 Å². The van der Waals surface area contributed by atoms with Gasteiger partial charge < -0.3 is 20.2 Å². The Balaban J connectivity index is 1.38. The van der Waals surface area contributed by atoms with Gasteiger partial charge in [0.15, 0.2) is 11.5 Å². The first-order chi connectivity index (χ1) is 18.8. The zero-order valence-electron chi connectivity index (χ0n) is 22.0. The normalized spacial score (nSPS) is 21.6. The van der Waals surface area contributed by atoms with Crippen LogP contribution >= 0.6 is 0 Å². The largest absolute Gasteiger partial charge is 0.384 e. The molecule has 0 spiro atoms. The number of nitrogens with zero attached hydrogens (tertiary/aromatic N) is 7. The third-order valence-corrected chi connectivity index (χ3v) is 7.47. The third-order valence-electron chi connectivity index (χ3n) is 7.47. The third kappa shape index (κ3) is 4.90. The summed E-state index contributed by atoms with van der Waals surface area (Å²) in [7, 11) is 2.13. The van der Waals surface area contributed by atoms with E-state index in [1.165, 1.54) is 21.6 Å². The molecule has 0 radical (unpaired) electrons. The number of pyridine rings is 1. The fourth-order valence-electron chi connectivity index (χ4n) is 5.10. The van der Waals surface area contributed by atoms with E-state index >= 15 is 0 Å². The van der Waals surface area contributed by atoms with E-state index in [1.54, 1.807) is 25.1 Å². The van der Waals surface area contributed by atoms with Gasteiger partial charge in [-0.2, -0.15) is 4.98 Å². The minimum Gasteiger partial charge on any atom is -0.384 e. The Kier molecular flexibility index (Phi) is 6.40. The smallest absolute Gasteiger partial charge is 0.278 e. The van der Waals surface area contributed by atoms with E-state index in [1.807, 2.05) is 12.1 Å². The molecule has 39 heavy (non-hydrogen) atoms. The highest BCUT2D eigenvalue weighted by Gasteiger charge is 2.27. The average Bonchev–Trinajstić information content (AvgIpc) is 3.19. The van der Waals surface area contributed by atoms with Crippen LogP contribution in [0, 0.1) is 0 Å². The average molecular weight is 531 g/mol. The number of anilines is 3. The number of piperazine rings is 1. The van der Waals surface area contributed by atoms with Crippen LogP contribution < -0.4 is 15.8 Å². The molecule has 11 heteroatoms. The predicted octanol–water partition coefficient (Wildman–Crippen LogP) is 3.33. The van der Waals surface area contributed by atoms with Gasteiger partial charge in [-0.05, 0) is 63.2 Å². The predicted molar refractivity (Wildman–Crippen MR) is 148 cm³/mol. The second-order valence-electron chi connectivity index (χ2n) is 10.4. The number of nitrogens with one attached hydrogen (secondary N) is 1. The highest BCUT2D eigenvalue weighted by Crippen LogP contribution is 2.28. The monoisotopic (exact) mass is 530 g/mol. The SMILES string of the molecule is CN1CCN(c2ccc(Nc3ncc4c(=O)n5n(c4n3)-c3cccc(n3)C(C)(O)CC/C=C(/F)C5)cc2)CC1. The number of fused-ring (bicyclic) bond motifs is 6. The number of hydrogen-bond donors (Lipinski definition) is 2. The number of aliphatic hydroxyl groups is 1. The maximum Gasteiger partial charge on any atom is 0.278 e. The van der Waals surface area contributed by atoms with Crippen molar-refractivity contribution in [3.8, 4) is 5.82 Å². The van der Waals surface area contributed by atoms with Crippen LogP contribution in [0.25, 0.3) is 16.9 Å². The molecule has 2 aliphatic heterocycles. The summed E-state index contributed by atoms with van der Waals surface area (Å²) in [5, 5.41) is 14.5. The van der Waals surface area contributed by atoms with Crippen LogP contribution in [0.1, 0.15) is 25.5 Å². The van der Waals surface area contributed by atoms with Gasteiger partial charge in [-0.15, -0.1) is 0 Å². The summed E-state index contributed by atoms with van der Waals surface area (Å²) in [5.41, 5.74) is 1.01. The maximum atomic E-state index is 14.9. The van der Waals surface area contributed by atoms with Crippen molar-refractivity contribution < 1.29 is 9.50 Å². The van der Waals surface area contributed by atoms with Gasteiger partial charge in [-0.25, -0.2) is 23.7 Å². The van der Waals surface area contributed by atoms with E-state index in [2.05, 4.69) is 49.2 Å². The Morgan fingerprint density at radius 1 is 1.05 bits per heavy atom. The van der Waals surface area contributed by atoms with Gasteiger partial charge in [0, 0.05) is 43.8 Å². The highest BCUT2D eigenvalue weighted by atomic mass is 19.1. The minimum absolute atomic E-state index is 0.245. The molecule has 2 aliphatic rings. The topological polar surface area (TPSA) is 104 Å². The number of likely N-dealkylation sites (N-methyl/N-ethyl adjacent to an activating group) is 1. The summed E-state index contributed by atoms with van der Waals surface area (Å²) in [6.45, 7) is 5.41. The Labute approximate surface area is 225 Å². The van der Waals surface area contributed by atoms with Crippen molar-refractivity contribution in [1.82, 2.24) is 29.2 Å². The molecule has 1 unspecified atom stereocenters. The molecular formula is C28H31FN8O2. The molecule has 1 saturated heterocycles. The lowest BCUT2D eigenvalue weighted by Gasteiger charge is -2.34. The summed E-state index contributed by atoms with van der Waals surface area (Å²) in [5.74, 6) is 0.179. The number of rotatable bonds is 3. The standard InChI is InChI=1S/C28H31FN8O2/c1-28(39)12-4-5-19(29)18-36-26(38)22-17-30-27(33-25(22)37(36)24-7-3-6-23(28)32-24)31-20-8-10-21(11-9-20)35-15-13-34(2)14-16-35/h3,5-11,17,39H,4,12-16,18H2,1-2H3,(H,30,31,33)/b19-5+. The molecule has 202 valence electrons. The van der Waals surface area contributed by atoms with Gasteiger partial charge >= 0.3 is 0 Å². The summed E-state index contributed by atoms with van der Waals surface area (Å²) in [4.78, 5) is 31.7. The first-order valence-electron chi connectivity index (χ1n) is 13.1. The molecule has 0 aliphatic carbocycles. The number of allylic oxidation sites excluding steroid dienone is 2. The first-order valence-corrected chi connectivity index (χ1v) is 13.1. The Morgan fingerprint density at radius 2 is 1.82 bits per heavy atom. The van der Waals surface area contributed by atoms with E-state index < -0.39 is 17.0 Å². The Hall–Kier alpha value is -4.09. The zero-order valence-corrected chi connectivity index (χ0v) is 22.0. The van der Waals surface area contributed by atoms with Crippen molar-refractivity contribution in [2.75, 3.05) is 43.4 Å². The van der Waals surface area contributed by atoms with Gasteiger partial charge in [-0.3, -0.25) is 4.79 Å². The van der Waals surface area contributed by atoms with Crippen molar-refractivity contribution >= 4 is 28.4 Å². The van der Waals surface area contributed by atoms with E-state index in [0.717, 1.165) is 37.6 Å². The fourth-order valence-corrected chi connectivity index (χ4v) is 5.10. The lowest BCUT2D eigenvalue weighted by atomic mass is 9.95. The van der Waals surface area contributed by atoms with Crippen molar-refractivity contribution in [3.63, 3.8) is 0 Å². The molecular weight excluding hydrogens is 499 g/mol. The Bertz CT molecular complexity index is 1600. The quantitative estimate of drug-likeness (QED) is 0.416. The minimum atomic E-state index is -1.26. The second-order valence-corrected chi connectivity index (χ2v) is 10.4. The molecule has 1 fully saturated rings. The zero-order chi connectivity index (χ0) is 27.1. The first kappa shape index (κ1) is 25.2. The lowest BCUT2D eigenvalue weighted by Crippen LogP contribution is -2.44. The van der Waals surface area contributed by atoms with Crippen LogP contribution in [0.5, 0.6) is 0 Å². The summed E-state index contributed by atoms with van der Waals surface area (Å²) in [6, 6.07) is 13.3. The van der Waals surface area contributed by atoms with Crippen LogP contribution in [0.3, 0.4) is 0 Å². The van der Waals surface area contributed by atoms with E-state index in [4.69, 9.17) is 0 Å². The van der Waals surface area contributed by atoms with Gasteiger partial charge in [-0.1, -0.05) is 12.1 Å². The lowest BCUT2D eigenvalue weighted by molar-refractivity contribution is 0.0442. The molecule has 3 aromatic heterocycles. The summed E-state index contributed by atoms with van der Waals surface area (Å²) in [6.07, 6.45) is 3.46. The van der Waals surface area contributed by atoms with Gasteiger partial charge in [0.2, 0.25) is 5.95 Å². The van der Waals surface area contributed by atoms with Crippen molar-refractivity contribution in [2.24, 2.45) is 0 Å². The van der Waals surface area contributed by atoms with E-state index in [9.17, 15) is 14.3 Å². The second kappa shape index (κ2) is 9.90. The van der Waals surface area contributed by atoms with Gasteiger partial charge in [0.25, 0.3) is 5.56 Å².